The van der Waals surface area contributed by atoms with E-state index in [9.17, 15) is 39.8 Å². The fraction of sp³-hybridized carbons (Fsp3) is 0.763. The maximum Gasteiger partial charge on any atom is 0.312 e. The molecule has 2 heterocycles. The van der Waals surface area contributed by atoms with Gasteiger partial charge in [-0.05, 0) is 66.6 Å². The van der Waals surface area contributed by atoms with Crippen molar-refractivity contribution in [2.75, 3.05) is 21.2 Å². The number of rotatable bonds is 9. The molecule has 300 valence electrons. The van der Waals surface area contributed by atoms with Crippen molar-refractivity contribution in [3.05, 3.63) is 39.9 Å². The Kier molecular flexibility index (Phi) is 15.1. The highest BCUT2D eigenvalue weighted by Gasteiger charge is 2.53. The fourth-order valence-electron chi connectivity index (χ4n) is 7.88. The predicted octanol–water partition coefficient (Wildman–Crippen LogP) is 3.22. The molecule has 14 atom stereocenters. The second-order valence-electron chi connectivity index (χ2n) is 15.6. The van der Waals surface area contributed by atoms with E-state index in [2.05, 4.69) is 0 Å². The average molecular weight is 753 g/mol. The van der Waals surface area contributed by atoms with Crippen LogP contribution in [0, 0.1) is 33.8 Å². The van der Waals surface area contributed by atoms with Crippen LogP contribution in [0.25, 0.3) is 0 Å². The molecular weight excluding hydrogens is 692 g/mol. The summed E-state index contributed by atoms with van der Waals surface area (Å²) in [7, 11) is 5.11. The van der Waals surface area contributed by atoms with Gasteiger partial charge in [0.25, 0.3) is 5.69 Å². The van der Waals surface area contributed by atoms with Gasteiger partial charge < -0.3 is 43.9 Å². The highest BCUT2D eigenvalue weighted by Crippen LogP contribution is 2.40. The third kappa shape index (κ3) is 10.2. The van der Waals surface area contributed by atoms with Crippen LogP contribution in [0.4, 0.5) is 5.69 Å². The number of nitro benzene ring substituents is 1. The largest absolute Gasteiger partial charge is 0.461 e. The minimum absolute atomic E-state index is 0.0332. The van der Waals surface area contributed by atoms with Crippen LogP contribution in [0.5, 0.6) is 0 Å². The van der Waals surface area contributed by atoms with Gasteiger partial charge in [0.05, 0.1) is 41.2 Å². The van der Waals surface area contributed by atoms with Gasteiger partial charge in [-0.15, -0.1) is 0 Å². The minimum atomic E-state index is -2.03. The molecule has 0 bridgehead atoms. The van der Waals surface area contributed by atoms with Crippen LogP contribution in [0.1, 0.15) is 80.2 Å². The molecule has 0 aromatic heterocycles. The number of cyclic esters (lactones) is 1. The smallest absolute Gasteiger partial charge is 0.312 e. The topological polar surface area (TPSA) is 204 Å². The van der Waals surface area contributed by atoms with Crippen LogP contribution in [0.3, 0.4) is 0 Å². The van der Waals surface area contributed by atoms with E-state index in [1.807, 2.05) is 25.9 Å². The highest BCUT2D eigenvalue weighted by molar-refractivity contribution is 5.83. The van der Waals surface area contributed by atoms with Crippen LogP contribution in [0.15, 0.2) is 24.3 Å². The van der Waals surface area contributed by atoms with Crippen LogP contribution in [-0.4, -0.2) is 124 Å². The lowest BCUT2D eigenvalue weighted by Crippen LogP contribution is -2.60. The van der Waals surface area contributed by atoms with Gasteiger partial charge in [0.2, 0.25) is 0 Å². The number of methoxy groups -OCH3 is 1. The quantitative estimate of drug-likeness (QED) is 0.188. The van der Waals surface area contributed by atoms with Crippen LogP contribution >= 0.6 is 0 Å². The second kappa shape index (κ2) is 18.1. The van der Waals surface area contributed by atoms with Gasteiger partial charge in [-0.1, -0.05) is 39.8 Å². The number of aliphatic hydroxyl groups is 3. The third-order valence-electron chi connectivity index (χ3n) is 11.2. The molecule has 53 heavy (non-hydrogen) atoms. The Balaban J connectivity index is 2.18. The van der Waals surface area contributed by atoms with E-state index in [-0.39, 0.29) is 42.9 Å². The summed E-state index contributed by atoms with van der Waals surface area (Å²) >= 11 is 0. The normalized spacial score (nSPS) is 39.2. The fourth-order valence-corrected chi connectivity index (χ4v) is 7.88. The molecule has 3 N–H and O–H groups in total. The van der Waals surface area contributed by atoms with Crippen molar-refractivity contribution >= 4 is 23.4 Å². The Bertz CT molecular complexity index is 1420. The van der Waals surface area contributed by atoms with E-state index in [0.29, 0.717) is 12.0 Å². The third-order valence-corrected chi connectivity index (χ3v) is 11.2. The van der Waals surface area contributed by atoms with Crippen molar-refractivity contribution in [1.29, 1.82) is 0 Å². The van der Waals surface area contributed by atoms with E-state index < -0.39 is 88.5 Å². The van der Waals surface area contributed by atoms with Gasteiger partial charge in [0.15, 0.2) is 6.29 Å². The maximum absolute atomic E-state index is 14.0. The number of nitrogens with zero attached hydrogens (tertiary/aromatic N) is 2. The molecule has 0 unspecified atom stereocenters. The molecule has 0 saturated carbocycles. The number of Topliss-reactive ketones (excluding diaryl/α,β-unsaturated/α-hetero) is 1. The molecule has 15 nitrogen and oxygen atoms in total. The zero-order valence-corrected chi connectivity index (χ0v) is 32.9. The Labute approximate surface area is 312 Å². The molecule has 2 saturated heterocycles. The van der Waals surface area contributed by atoms with Crippen molar-refractivity contribution in [1.82, 2.24) is 4.90 Å². The number of non-ortho nitro benzene ring substituents is 1. The van der Waals surface area contributed by atoms with Gasteiger partial charge in [-0.25, -0.2) is 0 Å². The zero-order valence-electron chi connectivity index (χ0n) is 32.9. The van der Waals surface area contributed by atoms with Gasteiger partial charge in [-0.2, -0.15) is 0 Å². The lowest BCUT2D eigenvalue weighted by molar-refractivity contribution is -0.384. The first-order valence-corrected chi connectivity index (χ1v) is 18.4. The molecule has 2 aliphatic rings. The number of esters is 2. The molecule has 0 aliphatic carbocycles. The molecule has 0 spiro atoms. The number of carbonyl (C=O) groups excluding carboxylic acids is 3. The molecule has 2 aliphatic heterocycles. The van der Waals surface area contributed by atoms with Gasteiger partial charge in [0, 0.05) is 43.0 Å². The lowest BCUT2D eigenvalue weighted by atomic mass is 9.74. The van der Waals surface area contributed by atoms with Crippen LogP contribution in [-0.2, 0) is 44.5 Å². The number of benzene rings is 1. The van der Waals surface area contributed by atoms with Crippen LogP contribution in [0.2, 0.25) is 0 Å². The number of hydrogen-bond acceptors (Lipinski definition) is 14. The molecule has 1 aromatic rings. The van der Waals surface area contributed by atoms with Crippen molar-refractivity contribution in [3.8, 4) is 0 Å². The lowest BCUT2D eigenvalue weighted by Gasteiger charge is -2.48. The summed E-state index contributed by atoms with van der Waals surface area (Å²) in [6, 6.07) is 5.08. The molecule has 15 heteroatoms. The summed E-state index contributed by atoms with van der Waals surface area (Å²) in [5.74, 6) is -5.86. The highest BCUT2D eigenvalue weighted by atomic mass is 16.7. The number of aliphatic hydroxyl groups excluding tert-OH is 2. The second-order valence-corrected chi connectivity index (χ2v) is 15.6. The standard InChI is InChI=1S/C38H60N2O13/c1-12-28-38(8,46)33(44)22(4)30(42)20(2)19-37(7,49-11)34(53-36-31(43)27(39(9)10)17-21(3)50-36)23(5)32(24(6)35(45)51-28)52-29(41)18-25-13-15-26(16-14-25)40(47)48/h13-16,20-24,27-28,31-34,36,43-44,46H,12,17-19H2,1-11H3/t20-,21-,22-,23+,24-,27+,28+,31-,32+,33-,34-,36+,37+,38-/m1/s1. The number of ether oxygens (including phenoxy) is 5. The number of carbonyl (C=O) groups is 3. The molecular formula is C38H60N2O13. The first-order valence-electron chi connectivity index (χ1n) is 18.4. The predicted molar refractivity (Wildman–Crippen MR) is 192 cm³/mol. The van der Waals surface area contributed by atoms with Crippen molar-refractivity contribution in [2.24, 2.45) is 23.7 Å². The van der Waals surface area contributed by atoms with Gasteiger partial charge in [0.1, 0.15) is 29.7 Å². The molecule has 0 amide bonds. The molecule has 3 rings (SSSR count). The first kappa shape index (κ1) is 44.3. The molecule has 1 aromatic carbocycles. The van der Waals surface area contributed by atoms with Crippen molar-refractivity contribution in [3.63, 3.8) is 0 Å². The average Bonchev–Trinajstić information content (AvgIpc) is 3.10. The number of likely N-dealkylation sites (N-methyl/N-ethyl adjacent to an activating group) is 1. The van der Waals surface area contributed by atoms with E-state index in [0.717, 1.165) is 0 Å². The summed E-state index contributed by atoms with van der Waals surface area (Å²) in [5.41, 5.74) is -3.09. The summed E-state index contributed by atoms with van der Waals surface area (Å²) in [6.07, 6.45) is -7.46. The molecule has 0 radical (unpaired) electrons. The monoisotopic (exact) mass is 752 g/mol. The molecule has 2 fully saturated rings. The number of ketones is 1. The van der Waals surface area contributed by atoms with E-state index in [1.54, 1.807) is 27.7 Å². The van der Waals surface area contributed by atoms with Gasteiger partial charge >= 0.3 is 11.9 Å². The number of nitro groups is 1. The van der Waals surface area contributed by atoms with E-state index >= 15 is 0 Å². The van der Waals surface area contributed by atoms with Crippen molar-refractivity contribution < 1.29 is 58.3 Å². The summed E-state index contributed by atoms with van der Waals surface area (Å²) in [5, 5.41) is 45.6. The van der Waals surface area contributed by atoms with E-state index in [4.69, 9.17) is 23.7 Å². The maximum atomic E-state index is 14.0. The van der Waals surface area contributed by atoms with Crippen molar-refractivity contribution in [2.45, 2.75) is 141 Å². The summed E-state index contributed by atoms with van der Waals surface area (Å²) < 4.78 is 30.9. The first-order chi connectivity index (χ1) is 24.6. The zero-order chi connectivity index (χ0) is 40.2. The van der Waals surface area contributed by atoms with Gasteiger partial charge in [-0.3, -0.25) is 24.5 Å². The summed E-state index contributed by atoms with van der Waals surface area (Å²) in [6.45, 7) is 13.0. The Morgan fingerprint density at radius 2 is 1.66 bits per heavy atom. The summed E-state index contributed by atoms with van der Waals surface area (Å²) in [4.78, 5) is 54.0. The Hall–Kier alpha value is -3.05. The van der Waals surface area contributed by atoms with Crippen LogP contribution < -0.4 is 0 Å². The Morgan fingerprint density at radius 3 is 2.19 bits per heavy atom. The Morgan fingerprint density at radius 1 is 1.06 bits per heavy atom. The number of hydrogen-bond donors (Lipinski definition) is 3. The van der Waals surface area contributed by atoms with E-state index in [1.165, 1.54) is 52.1 Å². The SMILES string of the molecule is CC[C@@H]1OC(=O)[C@H](C)[C@@H](OC(=O)Cc2ccc([N+](=O)[O-])cc2)[C@H](C)[C@@H](O[C@@H]2O[C@H](C)C[C@H](N(C)C)[C@H]2O)[C@@](C)(OC)C[C@@H](C)C(=O)[C@@H](C)[C@@H](O)[C@]1(C)O. The minimum Gasteiger partial charge on any atom is -0.461 e.